The average Bonchev–Trinajstić information content (AvgIpc) is 2.91. The van der Waals surface area contributed by atoms with Gasteiger partial charge >= 0.3 is 0 Å². The predicted molar refractivity (Wildman–Crippen MR) is 86.1 cm³/mol. The van der Waals surface area contributed by atoms with Crippen LogP contribution in [0.25, 0.3) is 10.9 Å². The summed E-state index contributed by atoms with van der Waals surface area (Å²) in [5.74, 6) is 0. The number of hydrogen-bond donors (Lipinski definition) is 1. The maximum absolute atomic E-state index is 12.6. The summed E-state index contributed by atoms with van der Waals surface area (Å²) < 4.78 is 2.16. The van der Waals surface area contributed by atoms with E-state index in [1.54, 1.807) is 15.9 Å². The number of aromatic nitrogens is 2. The SMILES string of the molecule is CC(Cc1ccsc1)n1c(=S)[nH]c2ccccc2c1=O. The second-order valence-corrected chi connectivity index (χ2v) is 6.00. The first kappa shape index (κ1) is 13.3. The van der Waals surface area contributed by atoms with Crippen LogP contribution in [0.5, 0.6) is 0 Å². The maximum atomic E-state index is 12.6. The third kappa shape index (κ3) is 2.34. The van der Waals surface area contributed by atoms with Gasteiger partial charge in [-0.25, -0.2) is 0 Å². The average molecular weight is 302 g/mol. The molecule has 0 fully saturated rings. The zero-order valence-corrected chi connectivity index (χ0v) is 12.6. The minimum absolute atomic E-state index is 0.0212. The standard InChI is InChI=1S/C15H14N2OS2/c1-10(8-11-6-7-20-9-11)17-14(18)12-4-2-3-5-13(12)16-15(17)19/h2-7,9-10H,8H2,1H3,(H,16,19). The van der Waals surface area contributed by atoms with Gasteiger partial charge in [-0.3, -0.25) is 9.36 Å². The Bertz CT molecular complexity index is 846. The van der Waals surface area contributed by atoms with Crippen LogP contribution in [-0.2, 0) is 6.42 Å². The number of thiophene rings is 1. The Kier molecular flexibility index (Phi) is 3.54. The van der Waals surface area contributed by atoms with E-state index in [-0.39, 0.29) is 11.6 Å². The molecule has 0 spiro atoms. The van der Waals surface area contributed by atoms with Gasteiger partial charge in [0.05, 0.1) is 10.9 Å². The van der Waals surface area contributed by atoms with Gasteiger partial charge in [-0.05, 0) is 60.1 Å². The van der Waals surface area contributed by atoms with Gasteiger partial charge < -0.3 is 4.98 Å². The van der Waals surface area contributed by atoms with Gasteiger partial charge in [-0.15, -0.1) is 0 Å². The number of benzene rings is 1. The van der Waals surface area contributed by atoms with Crippen LogP contribution in [-0.4, -0.2) is 9.55 Å². The van der Waals surface area contributed by atoms with Gasteiger partial charge in [0.1, 0.15) is 0 Å². The van der Waals surface area contributed by atoms with Crippen molar-refractivity contribution >= 4 is 34.5 Å². The highest BCUT2D eigenvalue weighted by Gasteiger charge is 2.12. The lowest BCUT2D eigenvalue weighted by atomic mass is 10.1. The number of nitrogens with one attached hydrogen (secondary N) is 1. The van der Waals surface area contributed by atoms with E-state index >= 15 is 0 Å². The first-order valence-electron chi connectivity index (χ1n) is 6.41. The van der Waals surface area contributed by atoms with E-state index < -0.39 is 0 Å². The number of fused-ring (bicyclic) bond motifs is 1. The minimum Gasteiger partial charge on any atom is -0.332 e. The van der Waals surface area contributed by atoms with Crippen molar-refractivity contribution in [3.63, 3.8) is 0 Å². The van der Waals surface area contributed by atoms with Crippen LogP contribution in [0.3, 0.4) is 0 Å². The van der Waals surface area contributed by atoms with Crippen LogP contribution in [0.15, 0.2) is 45.9 Å². The van der Waals surface area contributed by atoms with E-state index in [2.05, 4.69) is 16.4 Å². The lowest BCUT2D eigenvalue weighted by molar-refractivity contribution is 0.517. The highest BCUT2D eigenvalue weighted by molar-refractivity contribution is 7.71. The van der Waals surface area contributed by atoms with E-state index in [0.29, 0.717) is 10.2 Å². The fraction of sp³-hybridized carbons (Fsp3) is 0.200. The first-order chi connectivity index (χ1) is 9.66. The van der Waals surface area contributed by atoms with E-state index in [4.69, 9.17) is 12.2 Å². The summed E-state index contributed by atoms with van der Waals surface area (Å²) in [5, 5.41) is 4.83. The third-order valence-electron chi connectivity index (χ3n) is 3.39. The smallest absolute Gasteiger partial charge is 0.262 e. The van der Waals surface area contributed by atoms with Gasteiger partial charge in [-0.1, -0.05) is 12.1 Å². The summed E-state index contributed by atoms with van der Waals surface area (Å²) in [6.45, 7) is 2.03. The number of para-hydroxylation sites is 1. The van der Waals surface area contributed by atoms with Gasteiger partial charge in [-0.2, -0.15) is 11.3 Å². The van der Waals surface area contributed by atoms with Crippen molar-refractivity contribution in [1.29, 1.82) is 0 Å². The van der Waals surface area contributed by atoms with E-state index in [1.165, 1.54) is 5.56 Å². The van der Waals surface area contributed by atoms with Crippen molar-refractivity contribution in [3.05, 3.63) is 61.8 Å². The molecule has 3 aromatic rings. The molecule has 0 saturated heterocycles. The van der Waals surface area contributed by atoms with Crippen LogP contribution in [0.1, 0.15) is 18.5 Å². The van der Waals surface area contributed by atoms with Gasteiger partial charge in [0.2, 0.25) is 0 Å². The highest BCUT2D eigenvalue weighted by atomic mass is 32.1. The first-order valence-corrected chi connectivity index (χ1v) is 7.76. The van der Waals surface area contributed by atoms with Crippen molar-refractivity contribution in [3.8, 4) is 0 Å². The molecule has 3 rings (SSSR count). The van der Waals surface area contributed by atoms with Crippen molar-refractivity contribution in [2.75, 3.05) is 0 Å². The lowest BCUT2D eigenvalue weighted by Crippen LogP contribution is -2.26. The summed E-state index contributed by atoms with van der Waals surface area (Å²) in [7, 11) is 0. The highest BCUT2D eigenvalue weighted by Crippen LogP contribution is 2.16. The Morgan fingerprint density at radius 1 is 1.35 bits per heavy atom. The molecular formula is C15H14N2OS2. The molecule has 20 heavy (non-hydrogen) atoms. The van der Waals surface area contributed by atoms with Crippen molar-refractivity contribution in [2.24, 2.45) is 0 Å². The molecule has 0 aliphatic heterocycles. The molecule has 2 aromatic heterocycles. The Labute approximate surface area is 125 Å². The van der Waals surface area contributed by atoms with Gasteiger partial charge in [0.15, 0.2) is 4.77 Å². The van der Waals surface area contributed by atoms with Crippen molar-refractivity contribution in [1.82, 2.24) is 9.55 Å². The van der Waals surface area contributed by atoms with Gasteiger partial charge in [0.25, 0.3) is 5.56 Å². The minimum atomic E-state index is -0.0212. The summed E-state index contributed by atoms with van der Waals surface area (Å²) >= 11 is 7.02. The van der Waals surface area contributed by atoms with Crippen molar-refractivity contribution < 1.29 is 0 Å². The molecule has 2 heterocycles. The zero-order valence-electron chi connectivity index (χ0n) is 11.0. The molecular weight excluding hydrogens is 288 g/mol. The Morgan fingerprint density at radius 3 is 2.90 bits per heavy atom. The third-order valence-corrected chi connectivity index (χ3v) is 4.42. The molecule has 0 saturated carbocycles. The summed E-state index contributed by atoms with van der Waals surface area (Å²) in [6.07, 6.45) is 0.805. The maximum Gasteiger partial charge on any atom is 0.262 e. The molecule has 0 aliphatic rings. The van der Waals surface area contributed by atoms with Crippen molar-refractivity contribution in [2.45, 2.75) is 19.4 Å². The van der Waals surface area contributed by atoms with Crippen LogP contribution in [0.4, 0.5) is 0 Å². The second-order valence-electron chi connectivity index (χ2n) is 4.84. The normalized spacial score (nSPS) is 12.7. The topological polar surface area (TPSA) is 37.8 Å². The number of aromatic amines is 1. The molecule has 5 heteroatoms. The second kappa shape index (κ2) is 5.34. The Morgan fingerprint density at radius 2 is 2.15 bits per heavy atom. The molecule has 1 atom stereocenters. The molecule has 1 aromatic carbocycles. The van der Waals surface area contributed by atoms with Crippen LogP contribution < -0.4 is 5.56 Å². The molecule has 1 N–H and O–H groups in total. The molecule has 0 aliphatic carbocycles. The molecule has 1 unspecified atom stereocenters. The lowest BCUT2D eigenvalue weighted by Gasteiger charge is -2.15. The van der Waals surface area contributed by atoms with E-state index in [0.717, 1.165) is 11.9 Å². The quantitative estimate of drug-likeness (QED) is 0.745. The Hall–Kier alpha value is -1.72. The predicted octanol–water partition coefficient (Wildman–Crippen LogP) is 3.92. The zero-order chi connectivity index (χ0) is 14.1. The molecule has 0 radical (unpaired) electrons. The van der Waals surface area contributed by atoms with Crippen LogP contribution >= 0.6 is 23.6 Å². The van der Waals surface area contributed by atoms with E-state index in [9.17, 15) is 4.79 Å². The molecule has 3 nitrogen and oxygen atoms in total. The molecule has 0 bridgehead atoms. The molecule has 102 valence electrons. The van der Waals surface area contributed by atoms with Gasteiger partial charge in [0, 0.05) is 6.04 Å². The Balaban J connectivity index is 2.11. The number of nitrogens with zero attached hydrogens (tertiary/aromatic N) is 1. The summed E-state index contributed by atoms with van der Waals surface area (Å²) in [6, 6.07) is 9.59. The van der Waals surface area contributed by atoms with Crippen LogP contribution in [0.2, 0.25) is 0 Å². The van der Waals surface area contributed by atoms with E-state index in [1.807, 2.05) is 36.6 Å². The molecule has 0 amide bonds. The van der Waals surface area contributed by atoms with Crippen LogP contribution in [0, 0.1) is 4.77 Å². The number of rotatable bonds is 3. The fourth-order valence-electron chi connectivity index (χ4n) is 2.42. The summed E-state index contributed by atoms with van der Waals surface area (Å²) in [4.78, 5) is 15.7. The monoisotopic (exact) mass is 302 g/mol. The number of hydrogen-bond acceptors (Lipinski definition) is 3. The summed E-state index contributed by atoms with van der Waals surface area (Å²) in [5.41, 5.74) is 2.01. The largest absolute Gasteiger partial charge is 0.332 e. The number of H-pyrrole nitrogens is 1. The fourth-order valence-corrected chi connectivity index (χ4v) is 3.47.